The lowest BCUT2D eigenvalue weighted by molar-refractivity contribution is -0.123. The first kappa shape index (κ1) is 19.2. The predicted octanol–water partition coefficient (Wildman–Crippen LogP) is 3.79. The van der Waals surface area contributed by atoms with E-state index in [4.69, 9.17) is 4.74 Å². The molecule has 3 rings (SSSR count). The number of amides is 1. The molecule has 2 heterocycles. The molecular formula is C22H34N2O2. The van der Waals surface area contributed by atoms with E-state index in [1.807, 2.05) is 19.1 Å². The molecule has 2 aliphatic rings. The quantitative estimate of drug-likeness (QED) is 0.813. The fourth-order valence-corrected chi connectivity index (χ4v) is 4.25. The van der Waals surface area contributed by atoms with Crippen molar-refractivity contribution >= 4 is 5.91 Å². The number of benzene rings is 1. The molecule has 0 aromatic heterocycles. The maximum Gasteiger partial charge on any atom is 0.220 e. The lowest BCUT2D eigenvalue weighted by Crippen LogP contribution is -2.41. The van der Waals surface area contributed by atoms with E-state index < -0.39 is 0 Å². The van der Waals surface area contributed by atoms with E-state index in [9.17, 15) is 4.79 Å². The second kappa shape index (κ2) is 7.99. The predicted molar refractivity (Wildman–Crippen MR) is 106 cm³/mol. The Kier molecular flexibility index (Phi) is 5.91. The van der Waals surface area contributed by atoms with Gasteiger partial charge in [-0.1, -0.05) is 32.9 Å². The highest BCUT2D eigenvalue weighted by atomic mass is 16.5. The molecule has 2 aliphatic heterocycles. The topological polar surface area (TPSA) is 50.4 Å². The van der Waals surface area contributed by atoms with Crippen LogP contribution in [-0.4, -0.2) is 30.6 Å². The number of hydrogen-bond acceptors (Lipinski definition) is 3. The van der Waals surface area contributed by atoms with Crippen LogP contribution in [0.1, 0.15) is 65.4 Å². The normalized spacial score (nSPS) is 26.4. The number of nitrogens with one attached hydrogen (secondary N) is 2. The number of carbonyl (C=O) groups is 1. The molecule has 3 unspecified atom stereocenters. The summed E-state index contributed by atoms with van der Waals surface area (Å²) in [6.45, 7) is 9.11. The zero-order valence-electron chi connectivity index (χ0n) is 16.7. The molecule has 144 valence electrons. The summed E-state index contributed by atoms with van der Waals surface area (Å²) in [7, 11) is 0. The van der Waals surface area contributed by atoms with Gasteiger partial charge >= 0.3 is 0 Å². The summed E-state index contributed by atoms with van der Waals surface area (Å²) in [6.07, 6.45) is 5.51. The molecule has 4 heteroatoms. The third kappa shape index (κ3) is 5.23. The monoisotopic (exact) mass is 358 g/mol. The molecule has 0 aliphatic carbocycles. The van der Waals surface area contributed by atoms with Crippen molar-refractivity contribution in [3.05, 3.63) is 29.8 Å². The molecule has 1 amide bonds. The highest BCUT2D eigenvalue weighted by Gasteiger charge is 2.34. The number of hydrogen-bond donors (Lipinski definition) is 2. The molecule has 2 bridgehead atoms. The van der Waals surface area contributed by atoms with Crippen molar-refractivity contribution < 1.29 is 9.53 Å². The van der Waals surface area contributed by atoms with Crippen molar-refractivity contribution in [3.63, 3.8) is 0 Å². The lowest BCUT2D eigenvalue weighted by Gasteiger charge is -2.29. The van der Waals surface area contributed by atoms with Crippen LogP contribution >= 0.6 is 0 Å². The van der Waals surface area contributed by atoms with Gasteiger partial charge in [0.1, 0.15) is 12.4 Å². The van der Waals surface area contributed by atoms with Crippen LogP contribution in [-0.2, 0) is 10.2 Å². The lowest BCUT2D eigenvalue weighted by atomic mass is 9.87. The first-order valence-corrected chi connectivity index (χ1v) is 10.1. The van der Waals surface area contributed by atoms with Crippen LogP contribution < -0.4 is 15.4 Å². The number of ether oxygens (including phenoxy) is 1. The van der Waals surface area contributed by atoms with Crippen molar-refractivity contribution in [2.24, 2.45) is 5.92 Å². The Hall–Kier alpha value is -1.55. The molecule has 0 spiro atoms. The van der Waals surface area contributed by atoms with E-state index in [1.54, 1.807) is 0 Å². The van der Waals surface area contributed by atoms with Crippen LogP contribution in [0.15, 0.2) is 24.3 Å². The van der Waals surface area contributed by atoms with E-state index in [-0.39, 0.29) is 17.4 Å². The van der Waals surface area contributed by atoms with Gasteiger partial charge in [-0.2, -0.15) is 0 Å². The third-order valence-corrected chi connectivity index (χ3v) is 5.67. The standard InChI is InChI=1S/C22H34N2O2/c1-15(14-26-20-9-5-17(6-10-20)22(2,3)4)23-21(25)13-16-11-18-7-8-19(12-16)24-18/h5-6,9-10,15-16,18-19,24H,7-8,11-14H2,1-4H3,(H,23,25). The zero-order valence-corrected chi connectivity index (χ0v) is 16.7. The molecule has 3 atom stereocenters. The second-order valence-electron chi connectivity index (χ2n) is 9.23. The van der Waals surface area contributed by atoms with Crippen LogP contribution in [0.25, 0.3) is 0 Å². The molecule has 2 fully saturated rings. The van der Waals surface area contributed by atoms with Gasteiger partial charge in [-0.05, 0) is 61.6 Å². The summed E-state index contributed by atoms with van der Waals surface area (Å²) < 4.78 is 5.85. The van der Waals surface area contributed by atoms with Crippen molar-refractivity contribution in [2.45, 2.75) is 83.3 Å². The Balaban J connectivity index is 1.39. The van der Waals surface area contributed by atoms with E-state index in [0.29, 0.717) is 31.0 Å². The zero-order chi connectivity index (χ0) is 18.7. The summed E-state index contributed by atoms with van der Waals surface area (Å²) in [5, 5.41) is 6.73. The fraction of sp³-hybridized carbons (Fsp3) is 0.682. The molecule has 0 saturated carbocycles. The van der Waals surface area contributed by atoms with Crippen LogP contribution in [0, 0.1) is 5.92 Å². The number of fused-ring (bicyclic) bond motifs is 2. The van der Waals surface area contributed by atoms with Gasteiger partial charge < -0.3 is 15.4 Å². The second-order valence-corrected chi connectivity index (χ2v) is 9.23. The van der Waals surface area contributed by atoms with Crippen LogP contribution in [0.2, 0.25) is 0 Å². The van der Waals surface area contributed by atoms with Gasteiger partial charge in [-0.25, -0.2) is 0 Å². The third-order valence-electron chi connectivity index (χ3n) is 5.67. The summed E-state index contributed by atoms with van der Waals surface area (Å²) in [5.41, 5.74) is 1.44. The molecule has 1 aromatic rings. The van der Waals surface area contributed by atoms with Gasteiger partial charge in [0, 0.05) is 18.5 Å². The molecular weight excluding hydrogens is 324 g/mol. The Morgan fingerprint density at radius 2 is 1.81 bits per heavy atom. The Morgan fingerprint density at radius 3 is 2.38 bits per heavy atom. The van der Waals surface area contributed by atoms with Gasteiger partial charge in [-0.15, -0.1) is 0 Å². The average molecular weight is 359 g/mol. The van der Waals surface area contributed by atoms with Gasteiger partial charge in [-0.3, -0.25) is 4.79 Å². The fourth-order valence-electron chi connectivity index (χ4n) is 4.25. The number of carbonyl (C=O) groups excluding carboxylic acids is 1. The van der Waals surface area contributed by atoms with Crippen molar-refractivity contribution in [1.29, 1.82) is 0 Å². The van der Waals surface area contributed by atoms with Crippen molar-refractivity contribution in [1.82, 2.24) is 10.6 Å². The van der Waals surface area contributed by atoms with E-state index >= 15 is 0 Å². The van der Waals surface area contributed by atoms with Gasteiger partial charge in [0.15, 0.2) is 0 Å². The van der Waals surface area contributed by atoms with Gasteiger partial charge in [0.05, 0.1) is 6.04 Å². The van der Waals surface area contributed by atoms with Crippen LogP contribution in [0.3, 0.4) is 0 Å². The molecule has 0 radical (unpaired) electrons. The minimum Gasteiger partial charge on any atom is -0.491 e. The van der Waals surface area contributed by atoms with Crippen LogP contribution in [0.4, 0.5) is 0 Å². The molecule has 4 nitrogen and oxygen atoms in total. The first-order valence-electron chi connectivity index (χ1n) is 10.1. The van der Waals surface area contributed by atoms with Gasteiger partial charge in [0.25, 0.3) is 0 Å². The first-order chi connectivity index (χ1) is 12.3. The molecule has 2 N–H and O–H groups in total. The largest absolute Gasteiger partial charge is 0.491 e. The summed E-state index contributed by atoms with van der Waals surface area (Å²) in [4.78, 5) is 12.3. The molecule has 1 aromatic carbocycles. The van der Waals surface area contributed by atoms with Crippen molar-refractivity contribution in [3.8, 4) is 5.75 Å². The Labute approximate surface area is 158 Å². The highest BCUT2D eigenvalue weighted by Crippen LogP contribution is 2.32. The highest BCUT2D eigenvalue weighted by molar-refractivity contribution is 5.76. The smallest absolute Gasteiger partial charge is 0.220 e. The van der Waals surface area contributed by atoms with Gasteiger partial charge in [0.2, 0.25) is 5.91 Å². The SMILES string of the molecule is CC(COc1ccc(C(C)(C)C)cc1)NC(=O)CC1CC2CCC(C1)N2. The molecule has 2 saturated heterocycles. The van der Waals surface area contributed by atoms with E-state index in [1.165, 1.54) is 18.4 Å². The van der Waals surface area contributed by atoms with E-state index in [0.717, 1.165) is 18.6 Å². The number of rotatable bonds is 6. The Bertz CT molecular complexity index is 594. The van der Waals surface area contributed by atoms with Crippen molar-refractivity contribution in [2.75, 3.05) is 6.61 Å². The Morgan fingerprint density at radius 1 is 1.19 bits per heavy atom. The maximum atomic E-state index is 12.3. The summed E-state index contributed by atoms with van der Waals surface area (Å²) in [6, 6.07) is 9.56. The average Bonchev–Trinajstić information content (AvgIpc) is 2.91. The maximum absolute atomic E-state index is 12.3. The molecule has 26 heavy (non-hydrogen) atoms. The minimum atomic E-state index is 0.0169. The minimum absolute atomic E-state index is 0.0169. The van der Waals surface area contributed by atoms with Crippen LogP contribution in [0.5, 0.6) is 5.75 Å². The van der Waals surface area contributed by atoms with E-state index in [2.05, 4.69) is 43.5 Å². The summed E-state index contributed by atoms with van der Waals surface area (Å²) >= 11 is 0. The summed E-state index contributed by atoms with van der Waals surface area (Å²) in [5.74, 6) is 1.55. The number of piperidine rings is 1.